The van der Waals surface area contributed by atoms with Gasteiger partial charge in [-0.2, -0.15) is 0 Å². The molecule has 0 saturated carbocycles. The van der Waals surface area contributed by atoms with Gasteiger partial charge in [0.25, 0.3) is 0 Å². The van der Waals surface area contributed by atoms with E-state index in [4.69, 9.17) is 4.74 Å². The van der Waals surface area contributed by atoms with Gasteiger partial charge in [-0.25, -0.2) is 4.39 Å². The minimum atomic E-state index is -4.90. The molecule has 0 saturated heterocycles. The van der Waals surface area contributed by atoms with Gasteiger partial charge in [0.05, 0.1) is 7.11 Å². The van der Waals surface area contributed by atoms with Gasteiger partial charge in [-0.1, -0.05) is 12.1 Å². The van der Waals surface area contributed by atoms with E-state index in [1.165, 1.54) is 7.11 Å². The zero-order valence-corrected chi connectivity index (χ0v) is 11.2. The van der Waals surface area contributed by atoms with Gasteiger partial charge in [-0.05, 0) is 43.2 Å². The molecule has 0 aliphatic heterocycles. The quantitative estimate of drug-likeness (QED) is 0.449. The zero-order valence-electron chi connectivity index (χ0n) is 11.2. The third-order valence-electron chi connectivity index (χ3n) is 2.49. The summed E-state index contributed by atoms with van der Waals surface area (Å²) in [6.07, 6.45) is -3.91. The molecular weight excluding hydrogens is 276 g/mol. The van der Waals surface area contributed by atoms with Crippen molar-refractivity contribution in [2.75, 3.05) is 7.11 Å². The lowest BCUT2D eigenvalue weighted by Gasteiger charge is -2.09. The molecule has 0 amide bonds. The van der Waals surface area contributed by atoms with Crippen LogP contribution in [-0.2, 0) is 4.74 Å². The van der Waals surface area contributed by atoms with Gasteiger partial charge in [-0.3, -0.25) is 0 Å². The molecule has 20 heavy (non-hydrogen) atoms. The van der Waals surface area contributed by atoms with Gasteiger partial charge in [0, 0.05) is 0 Å². The van der Waals surface area contributed by atoms with Crippen molar-refractivity contribution in [2.45, 2.75) is 20.2 Å². The Bertz CT molecular complexity index is 513. The summed E-state index contributed by atoms with van der Waals surface area (Å²) in [5.41, 5.74) is 1.14. The van der Waals surface area contributed by atoms with Crippen LogP contribution in [-0.4, -0.2) is 13.5 Å². The van der Waals surface area contributed by atoms with Crippen molar-refractivity contribution in [3.63, 3.8) is 0 Å². The van der Waals surface area contributed by atoms with Crippen molar-refractivity contribution in [2.24, 2.45) is 0 Å². The molecule has 0 radical (unpaired) electrons. The Kier molecular flexibility index (Phi) is 5.19. The van der Waals surface area contributed by atoms with E-state index in [2.05, 4.69) is 4.74 Å². The van der Waals surface area contributed by atoms with E-state index in [-0.39, 0.29) is 0 Å². The fourth-order valence-electron chi connectivity index (χ4n) is 1.45. The molecule has 0 atom stereocenters. The highest BCUT2D eigenvalue weighted by Crippen LogP contribution is 2.25. The lowest BCUT2D eigenvalue weighted by atomic mass is 10.1. The summed E-state index contributed by atoms with van der Waals surface area (Å²) in [6.45, 7) is 2.50. The van der Waals surface area contributed by atoms with E-state index < -0.39 is 17.9 Å². The third-order valence-corrected chi connectivity index (χ3v) is 2.49. The first-order valence-corrected chi connectivity index (χ1v) is 5.68. The van der Waals surface area contributed by atoms with Gasteiger partial charge in [0.15, 0.2) is 5.83 Å². The van der Waals surface area contributed by atoms with E-state index in [0.717, 1.165) is 13.0 Å². The molecule has 110 valence electrons. The molecular formula is C14H14F4O2. The molecule has 0 fully saturated rings. The Hall–Kier alpha value is -1.98. The molecule has 0 N–H and O–H groups in total. The molecule has 1 rings (SSSR count). The SMILES string of the molecule is COc1ccc(/C(C)=C/C(F)=C(\C)OC(F)(F)F)cc1. The molecule has 0 aliphatic carbocycles. The predicted octanol–water partition coefficient (Wildman–Crippen LogP) is 4.84. The summed E-state index contributed by atoms with van der Waals surface area (Å²) < 4.78 is 57.9. The van der Waals surface area contributed by atoms with Crippen LogP contribution in [0.4, 0.5) is 17.6 Å². The number of halogens is 4. The van der Waals surface area contributed by atoms with E-state index in [1.807, 2.05) is 0 Å². The second-order valence-corrected chi connectivity index (χ2v) is 4.01. The lowest BCUT2D eigenvalue weighted by Crippen LogP contribution is -2.12. The Labute approximate surface area is 114 Å². The molecule has 2 nitrogen and oxygen atoms in total. The first-order chi connectivity index (χ1) is 9.23. The number of ether oxygens (including phenoxy) is 2. The van der Waals surface area contributed by atoms with E-state index in [1.54, 1.807) is 31.2 Å². The van der Waals surface area contributed by atoms with Crippen LogP contribution in [0.2, 0.25) is 0 Å². The van der Waals surface area contributed by atoms with Crippen LogP contribution in [0.15, 0.2) is 41.9 Å². The molecule has 0 aromatic heterocycles. The van der Waals surface area contributed by atoms with Crippen molar-refractivity contribution in [3.05, 3.63) is 47.5 Å². The summed E-state index contributed by atoms with van der Waals surface area (Å²) in [4.78, 5) is 0. The minimum absolute atomic E-state index is 0.468. The standard InChI is InChI=1S/C14H14F4O2/c1-9(11-4-6-12(19-3)7-5-11)8-13(15)10(2)20-14(16,17)18/h4-8H,1-3H3/b9-8+,13-10-. The highest BCUT2D eigenvalue weighted by Gasteiger charge is 2.31. The smallest absolute Gasteiger partial charge is 0.497 e. The van der Waals surface area contributed by atoms with Crippen LogP contribution in [0, 0.1) is 0 Å². The average molecular weight is 290 g/mol. The van der Waals surface area contributed by atoms with Gasteiger partial charge < -0.3 is 9.47 Å². The Balaban J connectivity index is 2.93. The molecule has 1 aromatic rings. The van der Waals surface area contributed by atoms with Crippen molar-refractivity contribution in [1.82, 2.24) is 0 Å². The maximum atomic E-state index is 13.6. The van der Waals surface area contributed by atoms with Crippen LogP contribution in [0.5, 0.6) is 5.75 Å². The molecule has 0 unspecified atom stereocenters. The van der Waals surface area contributed by atoms with Gasteiger partial charge in [0.1, 0.15) is 11.5 Å². The van der Waals surface area contributed by atoms with Gasteiger partial charge in [0.2, 0.25) is 0 Å². The van der Waals surface area contributed by atoms with Crippen molar-refractivity contribution >= 4 is 5.57 Å². The number of benzene rings is 1. The van der Waals surface area contributed by atoms with Crippen LogP contribution < -0.4 is 4.74 Å². The lowest BCUT2D eigenvalue weighted by molar-refractivity contribution is -0.305. The fourth-order valence-corrected chi connectivity index (χ4v) is 1.45. The summed E-state index contributed by atoms with van der Waals surface area (Å²) in [5.74, 6) is -1.27. The first-order valence-electron chi connectivity index (χ1n) is 5.68. The van der Waals surface area contributed by atoms with Crippen molar-refractivity contribution in [1.29, 1.82) is 0 Å². The van der Waals surface area contributed by atoms with Gasteiger partial charge >= 0.3 is 6.36 Å². The number of rotatable bonds is 4. The highest BCUT2D eigenvalue weighted by atomic mass is 19.4. The summed E-state index contributed by atoms with van der Waals surface area (Å²) >= 11 is 0. The van der Waals surface area contributed by atoms with E-state index >= 15 is 0 Å². The first kappa shape index (κ1) is 16.1. The number of hydrogen-bond acceptors (Lipinski definition) is 2. The van der Waals surface area contributed by atoms with Crippen molar-refractivity contribution < 1.29 is 27.0 Å². The normalized spacial score (nSPS) is 13.8. The molecule has 1 aromatic carbocycles. The summed E-state index contributed by atoms with van der Waals surface area (Å²) in [6, 6.07) is 6.70. The number of alkyl halides is 3. The third kappa shape index (κ3) is 4.95. The summed E-state index contributed by atoms with van der Waals surface area (Å²) in [5, 5.41) is 0. The molecule has 0 heterocycles. The Morgan fingerprint density at radius 2 is 1.65 bits per heavy atom. The average Bonchev–Trinajstić information content (AvgIpc) is 2.36. The monoisotopic (exact) mass is 290 g/mol. The van der Waals surface area contributed by atoms with Crippen LogP contribution in [0.25, 0.3) is 5.57 Å². The second-order valence-electron chi connectivity index (χ2n) is 4.01. The molecule has 0 spiro atoms. The topological polar surface area (TPSA) is 18.5 Å². The maximum absolute atomic E-state index is 13.6. The maximum Gasteiger partial charge on any atom is 0.572 e. The zero-order chi connectivity index (χ0) is 15.3. The number of hydrogen-bond donors (Lipinski definition) is 0. The Morgan fingerprint density at radius 3 is 2.10 bits per heavy atom. The van der Waals surface area contributed by atoms with Crippen LogP contribution in [0.3, 0.4) is 0 Å². The van der Waals surface area contributed by atoms with E-state index in [0.29, 0.717) is 16.9 Å². The van der Waals surface area contributed by atoms with E-state index in [9.17, 15) is 17.6 Å². The number of allylic oxidation sites excluding steroid dienone is 4. The molecule has 6 heteroatoms. The number of methoxy groups -OCH3 is 1. The van der Waals surface area contributed by atoms with Crippen molar-refractivity contribution in [3.8, 4) is 5.75 Å². The predicted molar refractivity (Wildman–Crippen MR) is 67.6 cm³/mol. The summed E-state index contributed by atoms with van der Waals surface area (Å²) in [7, 11) is 1.51. The second kappa shape index (κ2) is 6.45. The fraction of sp³-hybridized carbons (Fsp3) is 0.286. The molecule has 0 aliphatic rings. The van der Waals surface area contributed by atoms with Gasteiger partial charge in [-0.15, -0.1) is 13.2 Å². The highest BCUT2D eigenvalue weighted by molar-refractivity contribution is 5.66. The Morgan fingerprint density at radius 1 is 1.10 bits per heavy atom. The van der Waals surface area contributed by atoms with Crippen LogP contribution >= 0.6 is 0 Å². The molecule has 0 bridgehead atoms. The minimum Gasteiger partial charge on any atom is -0.497 e. The largest absolute Gasteiger partial charge is 0.572 e. The van der Waals surface area contributed by atoms with Crippen LogP contribution in [0.1, 0.15) is 19.4 Å².